The predicted octanol–water partition coefficient (Wildman–Crippen LogP) is 3.72. The molecule has 3 aromatic rings. The number of thiazole rings is 1. The molecule has 3 aromatic heterocycles. The smallest absolute Gasteiger partial charge is 0.263 e. The van der Waals surface area contributed by atoms with Gasteiger partial charge in [-0.1, -0.05) is 5.16 Å². The number of piperidine rings is 1. The van der Waals surface area contributed by atoms with Crippen LogP contribution in [0.15, 0.2) is 26.0 Å². The highest BCUT2D eigenvalue weighted by molar-refractivity contribution is 9.10. The van der Waals surface area contributed by atoms with E-state index in [-0.39, 0.29) is 11.9 Å². The molecule has 0 saturated carbocycles. The van der Waals surface area contributed by atoms with Crippen LogP contribution >= 0.6 is 38.6 Å². The average Bonchev–Trinajstić information content (AvgIpc) is 3.38. The van der Waals surface area contributed by atoms with E-state index >= 15 is 0 Å². The lowest BCUT2D eigenvalue weighted by Gasteiger charge is -2.31. The Morgan fingerprint density at radius 2 is 2.22 bits per heavy atom. The van der Waals surface area contributed by atoms with Crippen molar-refractivity contribution in [3.05, 3.63) is 37.9 Å². The first kappa shape index (κ1) is 18.7. The van der Waals surface area contributed by atoms with Crippen molar-refractivity contribution in [2.45, 2.75) is 32.4 Å². The number of rotatable bonds is 5. The quantitative estimate of drug-likeness (QED) is 0.615. The van der Waals surface area contributed by atoms with Gasteiger partial charge in [0.1, 0.15) is 4.88 Å². The van der Waals surface area contributed by atoms with Crippen molar-refractivity contribution in [1.29, 1.82) is 0 Å². The number of carbonyl (C=O) groups is 1. The molecule has 1 fully saturated rings. The number of hydrogen-bond acceptors (Lipinski definition) is 8. The molecule has 0 aliphatic carbocycles. The van der Waals surface area contributed by atoms with Crippen molar-refractivity contribution in [3.63, 3.8) is 0 Å². The van der Waals surface area contributed by atoms with Gasteiger partial charge in [0.05, 0.1) is 22.6 Å². The number of hydrogen-bond donors (Lipinski definition) is 1. The van der Waals surface area contributed by atoms with Crippen LogP contribution in [0.3, 0.4) is 0 Å². The first-order valence-electron chi connectivity index (χ1n) is 8.59. The van der Waals surface area contributed by atoms with E-state index < -0.39 is 0 Å². The maximum atomic E-state index is 12.3. The molecule has 10 heteroatoms. The van der Waals surface area contributed by atoms with Crippen molar-refractivity contribution in [1.82, 2.24) is 25.3 Å². The van der Waals surface area contributed by atoms with E-state index in [0.29, 0.717) is 23.1 Å². The van der Waals surface area contributed by atoms with Crippen molar-refractivity contribution in [2.75, 3.05) is 13.1 Å². The van der Waals surface area contributed by atoms with Gasteiger partial charge in [0.2, 0.25) is 11.7 Å². The molecular formula is C17H18BrN5O2S2. The van der Waals surface area contributed by atoms with Crippen LogP contribution in [-0.2, 0) is 6.54 Å². The van der Waals surface area contributed by atoms with Crippen molar-refractivity contribution in [2.24, 2.45) is 0 Å². The van der Waals surface area contributed by atoms with E-state index in [9.17, 15) is 4.79 Å². The minimum Gasteiger partial charge on any atom is -0.348 e. The summed E-state index contributed by atoms with van der Waals surface area (Å²) in [6.45, 7) is 4.26. The number of nitrogens with one attached hydrogen (secondary N) is 1. The number of likely N-dealkylation sites (tertiary alicyclic amines) is 1. The van der Waals surface area contributed by atoms with Gasteiger partial charge in [-0.3, -0.25) is 9.69 Å². The lowest BCUT2D eigenvalue weighted by atomic mass is 10.0. The second-order valence-corrected chi connectivity index (χ2v) is 9.11. The summed E-state index contributed by atoms with van der Waals surface area (Å²) in [7, 11) is 0. The molecule has 4 rings (SSSR count). The summed E-state index contributed by atoms with van der Waals surface area (Å²) in [5.74, 6) is 1.23. The van der Waals surface area contributed by atoms with Crippen molar-refractivity contribution >= 4 is 44.5 Å². The Kier molecular flexibility index (Phi) is 5.67. The highest BCUT2D eigenvalue weighted by Gasteiger charge is 2.24. The number of thiophene rings is 1. The Labute approximate surface area is 172 Å². The van der Waals surface area contributed by atoms with Crippen LogP contribution in [0.1, 0.15) is 34.1 Å². The molecule has 0 spiro atoms. The SMILES string of the molecule is Cc1ncsc1C(=O)NC1CCN(Cc2nc(-c3cc(Br)cs3)no2)CC1. The predicted molar refractivity (Wildman–Crippen MR) is 108 cm³/mol. The van der Waals surface area contributed by atoms with Gasteiger partial charge in [-0.2, -0.15) is 4.98 Å². The summed E-state index contributed by atoms with van der Waals surface area (Å²) in [4.78, 5) is 24.9. The molecule has 1 amide bonds. The Hall–Kier alpha value is -1.62. The summed E-state index contributed by atoms with van der Waals surface area (Å²) < 4.78 is 6.42. The minimum absolute atomic E-state index is 0.0166. The molecule has 7 nitrogen and oxygen atoms in total. The molecule has 1 N–H and O–H groups in total. The van der Waals surface area contributed by atoms with Crippen molar-refractivity contribution in [3.8, 4) is 10.7 Å². The van der Waals surface area contributed by atoms with Crippen LogP contribution in [0.4, 0.5) is 0 Å². The molecule has 4 heterocycles. The summed E-state index contributed by atoms with van der Waals surface area (Å²) in [6.07, 6.45) is 1.81. The summed E-state index contributed by atoms with van der Waals surface area (Å²) in [5.41, 5.74) is 2.50. The molecule has 142 valence electrons. The van der Waals surface area contributed by atoms with Crippen LogP contribution in [0.5, 0.6) is 0 Å². The van der Waals surface area contributed by atoms with E-state index in [1.54, 1.807) is 16.8 Å². The fourth-order valence-corrected chi connectivity index (χ4v) is 5.10. The van der Waals surface area contributed by atoms with Gasteiger partial charge < -0.3 is 9.84 Å². The Morgan fingerprint density at radius 3 is 2.89 bits per heavy atom. The van der Waals surface area contributed by atoms with Gasteiger partial charge in [-0.25, -0.2) is 4.98 Å². The van der Waals surface area contributed by atoms with Gasteiger partial charge in [0.15, 0.2) is 0 Å². The standard InChI is InChI=1S/C17H18BrN5O2S2/c1-10-15(27-9-19-10)17(24)20-12-2-4-23(5-3-12)7-14-21-16(22-25-14)13-6-11(18)8-26-13/h6,8-9,12H,2-5,7H2,1H3,(H,20,24). The molecule has 27 heavy (non-hydrogen) atoms. The first-order chi connectivity index (χ1) is 13.1. The average molecular weight is 468 g/mol. The number of amides is 1. The van der Waals surface area contributed by atoms with Gasteiger partial charge in [0, 0.05) is 29.0 Å². The molecule has 1 aliphatic heterocycles. The maximum Gasteiger partial charge on any atom is 0.263 e. The lowest BCUT2D eigenvalue weighted by Crippen LogP contribution is -2.44. The Morgan fingerprint density at radius 1 is 1.41 bits per heavy atom. The number of halogens is 1. The second-order valence-electron chi connectivity index (χ2n) is 6.43. The highest BCUT2D eigenvalue weighted by atomic mass is 79.9. The number of nitrogens with zero attached hydrogens (tertiary/aromatic N) is 4. The topological polar surface area (TPSA) is 84.2 Å². The summed E-state index contributed by atoms with van der Waals surface area (Å²) in [5, 5.41) is 9.19. The van der Waals surface area contributed by atoms with Crippen LogP contribution in [0.2, 0.25) is 0 Å². The first-order valence-corrected chi connectivity index (χ1v) is 11.1. The van der Waals surface area contributed by atoms with Crippen LogP contribution in [0.25, 0.3) is 10.7 Å². The molecular weight excluding hydrogens is 450 g/mol. The van der Waals surface area contributed by atoms with Gasteiger partial charge in [0.25, 0.3) is 5.91 Å². The number of aromatic nitrogens is 3. The van der Waals surface area contributed by atoms with Crippen LogP contribution in [0, 0.1) is 6.92 Å². The van der Waals surface area contributed by atoms with E-state index in [4.69, 9.17) is 4.52 Å². The summed E-state index contributed by atoms with van der Waals surface area (Å²) in [6, 6.07) is 2.18. The molecule has 0 atom stereocenters. The Bertz CT molecular complexity index is 929. The normalized spacial score (nSPS) is 15.9. The fraction of sp³-hybridized carbons (Fsp3) is 0.412. The lowest BCUT2D eigenvalue weighted by molar-refractivity contribution is 0.0908. The van der Waals surface area contributed by atoms with Gasteiger partial charge in [-0.05, 0) is 41.8 Å². The minimum atomic E-state index is -0.0166. The van der Waals surface area contributed by atoms with E-state index in [2.05, 4.69) is 41.3 Å². The monoisotopic (exact) mass is 467 g/mol. The summed E-state index contributed by atoms with van der Waals surface area (Å²) >= 11 is 6.40. The zero-order chi connectivity index (χ0) is 18.8. The van der Waals surface area contributed by atoms with Crippen LogP contribution in [-0.4, -0.2) is 45.1 Å². The zero-order valence-corrected chi connectivity index (χ0v) is 17.9. The number of carbonyl (C=O) groups excluding carboxylic acids is 1. The highest BCUT2D eigenvalue weighted by Crippen LogP contribution is 2.28. The molecule has 1 aliphatic rings. The van der Waals surface area contributed by atoms with Gasteiger partial charge >= 0.3 is 0 Å². The molecule has 0 unspecified atom stereocenters. The van der Waals surface area contributed by atoms with E-state index in [1.807, 2.05) is 18.4 Å². The second kappa shape index (κ2) is 8.17. The maximum absolute atomic E-state index is 12.3. The zero-order valence-electron chi connectivity index (χ0n) is 14.6. The Balaban J connectivity index is 1.28. The van der Waals surface area contributed by atoms with Crippen molar-refractivity contribution < 1.29 is 9.32 Å². The third-order valence-corrected chi connectivity index (χ3v) is 7.10. The molecule has 1 saturated heterocycles. The molecule has 0 bridgehead atoms. The molecule has 0 radical (unpaired) electrons. The third-order valence-electron chi connectivity index (χ3n) is 4.49. The van der Waals surface area contributed by atoms with Crippen LogP contribution < -0.4 is 5.32 Å². The largest absolute Gasteiger partial charge is 0.348 e. The number of aryl methyl sites for hydroxylation is 1. The van der Waals surface area contributed by atoms with E-state index in [0.717, 1.165) is 41.0 Å². The van der Waals surface area contributed by atoms with E-state index in [1.165, 1.54) is 11.3 Å². The van der Waals surface area contributed by atoms with Gasteiger partial charge in [-0.15, -0.1) is 22.7 Å². The fourth-order valence-electron chi connectivity index (χ4n) is 3.05. The molecule has 0 aromatic carbocycles. The third kappa shape index (κ3) is 4.45.